The number of nitrogens with one attached hydrogen (secondary N) is 4. The second kappa shape index (κ2) is 13.2. The van der Waals surface area contributed by atoms with Gasteiger partial charge in [0.05, 0.1) is 22.1 Å². The van der Waals surface area contributed by atoms with Gasteiger partial charge in [-0.25, -0.2) is 13.2 Å². The fourth-order valence-corrected chi connectivity index (χ4v) is 10.5. The van der Waals surface area contributed by atoms with Crippen molar-refractivity contribution in [1.82, 2.24) is 26.2 Å². The molecule has 4 unspecified atom stereocenters. The fraction of sp³-hybridized carbons (Fsp3) is 0.811. The van der Waals surface area contributed by atoms with Crippen LogP contribution in [0.15, 0.2) is 12.7 Å². The van der Waals surface area contributed by atoms with E-state index in [2.05, 4.69) is 41.7 Å². The maximum atomic E-state index is 14.5. The molecule has 1 aliphatic heterocycles. The normalized spacial score (nSPS) is 30.9. The first kappa shape index (κ1) is 38.3. The van der Waals surface area contributed by atoms with Gasteiger partial charge in [-0.05, 0) is 93.3 Å². The highest BCUT2D eigenvalue weighted by molar-refractivity contribution is 7.92. The van der Waals surface area contributed by atoms with Crippen molar-refractivity contribution in [2.45, 2.75) is 129 Å². The smallest absolute Gasteiger partial charge is 0.315 e. The van der Waals surface area contributed by atoms with Crippen LogP contribution in [0.2, 0.25) is 0 Å². The number of likely N-dealkylation sites (tertiary alicyclic amines) is 1. The highest BCUT2D eigenvalue weighted by Gasteiger charge is 2.70. The third-order valence-corrected chi connectivity index (χ3v) is 15.2. The van der Waals surface area contributed by atoms with Crippen molar-refractivity contribution >= 4 is 39.4 Å². The number of ketones is 1. The van der Waals surface area contributed by atoms with Gasteiger partial charge in [0.15, 0.2) is 9.84 Å². The van der Waals surface area contributed by atoms with E-state index in [-0.39, 0.29) is 41.4 Å². The summed E-state index contributed by atoms with van der Waals surface area (Å²) in [5.41, 5.74) is -1.89. The molecule has 8 atom stereocenters. The summed E-state index contributed by atoms with van der Waals surface area (Å²) in [5, 5.41) is 11.4. The van der Waals surface area contributed by atoms with Crippen molar-refractivity contribution in [2.24, 2.45) is 40.4 Å². The lowest BCUT2D eigenvalue weighted by Gasteiger charge is -2.41. The lowest BCUT2D eigenvalue weighted by Crippen LogP contribution is -2.65. The Morgan fingerprint density at radius 3 is 2.16 bits per heavy atom. The van der Waals surface area contributed by atoms with E-state index < -0.39 is 73.2 Å². The molecule has 1 saturated heterocycles. The number of hydrogen-bond donors (Lipinski definition) is 4. The molecule has 13 heteroatoms. The predicted octanol–water partition coefficient (Wildman–Crippen LogP) is 3.11. The first-order valence-electron chi connectivity index (χ1n) is 18.4. The molecule has 4 saturated carbocycles. The molecule has 4 aliphatic carbocycles. The number of carbonyl (C=O) groups excluding carboxylic acids is 5. The number of sulfone groups is 1. The molecule has 0 aromatic carbocycles. The Bertz CT molecular complexity index is 1520. The van der Waals surface area contributed by atoms with Gasteiger partial charge >= 0.3 is 6.03 Å². The number of fused-ring (bicyclic) bond motifs is 3. The fourth-order valence-electron chi connectivity index (χ4n) is 8.97. The molecule has 5 rings (SSSR count). The second-order valence-corrected chi connectivity index (χ2v) is 21.2. The van der Waals surface area contributed by atoms with Crippen LogP contribution >= 0.6 is 0 Å². The molecule has 1 heterocycles. The van der Waals surface area contributed by atoms with Gasteiger partial charge in [-0.3, -0.25) is 19.2 Å². The van der Waals surface area contributed by atoms with Gasteiger partial charge in [-0.15, -0.1) is 6.58 Å². The number of hydrogen-bond acceptors (Lipinski definition) is 7. The SMILES string of the molecule is C=CCNC(=O)C(=O)C(CC1CC1)NC(=O)[C@@H]1[C@@H]2[C@H](CN1C(=O)[C@@H](NC(=O)NC1(CS(=O)(=O)C(C)(C)C)CC3CCC1C3)C(C)(C)C)C2(C)C. The van der Waals surface area contributed by atoms with Crippen molar-refractivity contribution in [2.75, 3.05) is 18.8 Å². The molecule has 50 heavy (non-hydrogen) atoms. The first-order valence-corrected chi connectivity index (χ1v) is 20.0. The molecule has 5 amide bonds. The summed E-state index contributed by atoms with van der Waals surface area (Å²) >= 11 is 0. The number of piperidine rings is 1. The molecule has 2 bridgehead atoms. The van der Waals surface area contributed by atoms with Crippen molar-refractivity contribution in [1.29, 1.82) is 0 Å². The van der Waals surface area contributed by atoms with Crippen molar-refractivity contribution in [3.63, 3.8) is 0 Å². The number of carbonyl (C=O) groups is 5. The Hall–Kier alpha value is -2.96. The number of nitrogens with zero attached hydrogens (tertiary/aromatic N) is 1. The van der Waals surface area contributed by atoms with Crippen LogP contribution in [0.5, 0.6) is 0 Å². The van der Waals surface area contributed by atoms with Crippen molar-refractivity contribution in [3.8, 4) is 0 Å². The maximum absolute atomic E-state index is 14.5. The van der Waals surface area contributed by atoms with Gasteiger partial charge in [0.25, 0.3) is 5.91 Å². The van der Waals surface area contributed by atoms with Gasteiger partial charge in [0.1, 0.15) is 12.1 Å². The van der Waals surface area contributed by atoms with Crippen molar-refractivity contribution in [3.05, 3.63) is 12.7 Å². The van der Waals surface area contributed by atoms with E-state index in [0.29, 0.717) is 25.3 Å². The molecule has 5 fully saturated rings. The minimum Gasteiger partial charge on any atom is -0.346 e. The summed E-state index contributed by atoms with van der Waals surface area (Å²) in [5.74, 6) is -2.01. The zero-order chi connectivity index (χ0) is 37.2. The quantitative estimate of drug-likeness (QED) is 0.168. The molecule has 0 radical (unpaired) electrons. The number of rotatable bonds is 13. The maximum Gasteiger partial charge on any atom is 0.315 e. The average Bonchev–Trinajstić information content (AvgIpc) is 3.65. The Kier molecular flexibility index (Phi) is 10.1. The zero-order valence-corrected chi connectivity index (χ0v) is 32.0. The van der Waals surface area contributed by atoms with E-state index in [1.807, 2.05) is 20.8 Å². The van der Waals surface area contributed by atoms with Crippen LogP contribution in [0.3, 0.4) is 0 Å². The van der Waals surface area contributed by atoms with E-state index in [0.717, 1.165) is 32.1 Å². The highest BCUT2D eigenvalue weighted by atomic mass is 32.2. The molecule has 4 N–H and O–H groups in total. The molecule has 0 spiro atoms. The highest BCUT2D eigenvalue weighted by Crippen LogP contribution is 2.65. The van der Waals surface area contributed by atoms with E-state index >= 15 is 0 Å². The molecule has 0 aromatic heterocycles. The lowest BCUT2D eigenvalue weighted by molar-refractivity contribution is -0.145. The Labute approximate surface area is 298 Å². The molecule has 280 valence electrons. The van der Waals surface area contributed by atoms with Gasteiger partial charge in [0, 0.05) is 13.1 Å². The van der Waals surface area contributed by atoms with E-state index in [1.165, 1.54) is 6.08 Å². The molecule has 5 aliphatic rings. The van der Waals surface area contributed by atoms with Crippen LogP contribution in [0.4, 0.5) is 4.79 Å². The average molecular weight is 718 g/mol. The van der Waals surface area contributed by atoms with Gasteiger partial charge in [0.2, 0.25) is 17.6 Å². The summed E-state index contributed by atoms with van der Waals surface area (Å²) in [6, 6.07) is -3.51. The van der Waals surface area contributed by atoms with Crippen molar-refractivity contribution < 1.29 is 32.4 Å². The molecule has 0 aromatic rings. The van der Waals surface area contributed by atoms with Gasteiger partial charge in [-0.1, -0.05) is 53.5 Å². The van der Waals surface area contributed by atoms with Crippen LogP contribution in [-0.4, -0.2) is 90.1 Å². The van der Waals surface area contributed by atoms with Crippen LogP contribution < -0.4 is 21.3 Å². The van der Waals surface area contributed by atoms with E-state index in [9.17, 15) is 32.4 Å². The summed E-state index contributed by atoms with van der Waals surface area (Å²) in [6.07, 6.45) is 6.97. The monoisotopic (exact) mass is 717 g/mol. The number of amides is 5. The van der Waals surface area contributed by atoms with Crippen LogP contribution in [0.25, 0.3) is 0 Å². The minimum atomic E-state index is -3.57. The lowest BCUT2D eigenvalue weighted by atomic mass is 9.82. The van der Waals surface area contributed by atoms with E-state index in [1.54, 1.807) is 25.7 Å². The Balaban J connectivity index is 1.35. The molecule has 12 nitrogen and oxygen atoms in total. The molecular weight excluding hydrogens is 659 g/mol. The second-order valence-electron chi connectivity index (χ2n) is 18.5. The largest absolute Gasteiger partial charge is 0.346 e. The molecular formula is C37H59N5O7S. The van der Waals surface area contributed by atoms with Crippen LogP contribution in [0.1, 0.15) is 100 Å². The summed E-state index contributed by atoms with van der Waals surface area (Å²) < 4.78 is 26.0. The van der Waals surface area contributed by atoms with Gasteiger partial charge < -0.3 is 26.2 Å². The summed E-state index contributed by atoms with van der Waals surface area (Å²) in [7, 11) is -3.57. The Morgan fingerprint density at radius 1 is 0.980 bits per heavy atom. The van der Waals surface area contributed by atoms with Crippen LogP contribution in [-0.2, 0) is 29.0 Å². The Morgan fingerprint density at radius 2 is 1.64 bits per heavy atom. The topological polar surface area (TPSA) is 171 Å². The predicted molar refractivity (Wildman–Crippen MR) is 190 cm³/mol. The summed E-state index contributed by atoms with van der Waals surface area (Å²) in [6.45, 7) is 18.7. The minimum absolute atomic E-state index is 0.0327. The number of urea groups is 1. The zero-order valence-electron chi connectivity index (χ0n) is 31.2. The third kappa shape index (κ3) is 7.48. The third-order valence-electron chi connectivity index (χ3n) is 12.4. The van der Waals surface area contributed by atoms with Gasteiger partial charge in [-0.2, -0.15) is 0 Å². The standard InChI is InChI=1S/C37H59N5O7S/c1-10-15-38-31(45)28(43)25(17-21-11-12-21)39-30(44)27-26-24(36(26,8)9)19-42(27)32(46)29(34(2,3)4)40-33(47)41-37(18-22-13-14-23(37)16-22)20-50(48,49)35(5,6)7/h10,21-27,29H,1,11-20H2,2-9H3,(H,38,45)(H,39,44)(H2,40,41,47)/t22?,23?,24-,25?,26-,27-,29+,37?/m0/s1. The van der Waals surface area contributed by atoms with E-state index in [4.69, 9.17) is 0 Å². The van der Waals surface area contributed by atoms with Crippen LogP contribution in [0, 0.1) is 40.4 Å². The number of Topliss-reactive ketones (excluding diaryl/α,β-unsaturated/α-hetero) is 1. The summed E-state index contributed by atoms with van der Waals surface area (Å²) in [4.78, 5) is 69.9. The first-order chi connectivity index (χ1) is 23.0.